The first-order valence-electron chi connectivity index (χ1n) is 6.75. The average Bonchev–Trinajstić information content (AvgIpc) is 2.47. The van der Waals surface area contributed by atoms with Crippen LogP contribution in [0.25, 0.3) is 0 Å². The van der Waals surface area contributed by atoms with Crippen LogP contribution in [0.1, 0.15) is 21.5 Å². The van der Waals surface area contributed by atoms with E-state index in [0.29, 0.717) is 5.56 Å². The van der Waals surface area contributed by atoms with Crippen LogP contribution >= 0.6 is 22.6 Å². The highest BCUT2D eigenvalue weighted by molar-refractivity contribution is 14.1. The number of hydrogen-bond donors (Lipinski definition) is 1. The highest BCUT2D eigenvalue weighted by Gasteiger charge is 2.11. The van der Waals surface area contributed by atoms with Gasteiger partial charge in [-0.1, -0.05) is 23.8 Å². The molecule has 0 bridgehead atoms. The maximum Gasteiger partial charge on any atom is 0.338 e. The Morgan fingerprint density at radius 2 is 1.91 bits per heavy atom. The molecule has 0 spiro atoms. The second-order valence-corrected chi connectivity index (χ2v) is 6.20. The van der Waals surface area contributed by atoms with Crippen LogP contribution in [0.3, 0.4) is 0 Å². The molecule has 0 saturated carbocycles. The van der Waals surface area contributed by atoms with Gasteiger partial charge in [-0.2, -0.15) is 0 Å². The van der Waals surface area contributed by atoms with E-state index in [0.717, 1.165) is 20.4 Å². The predicted octanol–water partition coefficient (Wildman–Crippen LogP) is 3.70. The molecule has 0 aliphatic heterocycles. The lowest BCUT2D eigenvalue weighted by molar-refractivity contribution is -0.119. The number of rotatable bonds is 4. The molecule has 0 heterocycles. The summed E-state index contributed by atoms with van der Waals surface area (Å²) < 4.78 is 5.96. The second kappa shape index (κ2) is 7.40. The van der Waals surface area contributed by atoms with Gasteiger partial charge in [-0.3, -0.25) is 4.79 Å². The van der Waals surface area contributed by atoms with E-state index >= 15 is 0 Å². The van der Waals surface area contributed by atoms with Gasteiger partial charge in [0.25, 0.3) is 5.91 Å². The van der Waals surface area contributed by atoms with Crippen molar-refractivity contribution in [1.29, 1.82) is 0 Å². The molecule has 0 aliphatic rings. The lowest BCUT2D eigenvalue weighted by atomic mass is 10.1. The number of nitrogens with one attached hydrogen (secondary N) is 1. The van der Waals surface area contributed by atoms with E-state index in [4.69, 9.17) is 4.74 Å². The van der Waals surface area contributed by atoms with Crippen molar-refractivity contribution in [1.82, 2.24) is 0 Å². The number of carbonyl (C=O) groups excluding carboxylic acids is 2. The monoisotopic (exact) mass is 409 g/mol. The molecule has 0 aromatic heterocycles. The lowest BCUT2D eigenvalue weighted by Crippen LogP contribution is -2.21. The third-order valence-corrected chi connectivity index (χ3v) is 3.72. The minimum Gasteiger partial charge on any atom is -0.452 e. The molecule has 1 N–H and O–H groups in total. The molecule has 1 amide bonds. The minimum absolute atomic E-state index is 0.308. The van der Waals surface area contributed by atoms with Gasteiger partial charge in [0.15, 0.2) is 6.61 Å². The molecule has 5 heteroatoms. The van der Waals surface area contributed by atoms with Crippen LogP contribution in [0.4, 0.5) is 5.69 Å². The fourth-order valence-corrected chi connectivity index (χ4v) is 2.51. The zero-order valence-corrected chi connectivity index (χ0v) is 14.5. The van der Waals surface area contributed by atoms with E-state index in [-0.39, 0.29) is 12.5 Å². The molecular formula is C17H16INO3. The van der Waals surface area contributed by atoms with Crippen molar-refractivity contribution in [3.05, 3.63) is 62.7 Å². The van der Waals surface area contributed by atoms with Crippen molar-refractivity contribution in [2.75, 3.05) is 11.9 Å². The van der Waals surface area contributed by atoms with Crippen LogP contribution in [0.15, 0.2) is 42.5 Å². The van der Waals surface area contributed by atoms with Crippen LogP contribution in [0, 0.1) is 17.4 Å². The molecule has 0 radical (unpaired) electrons. The molecule has 0 atom stereocenters. The Balaban J connectivity index is 1.91. The van der Waals surface area contributed by atoms with Crippen LogP contribution in [-0.4, -0.2) is 18.5 Å². The van der Waals surface area contributed by atoms with Gasteiger partial charge in [0.2, 0.25) is 0 Å². The molecule has 0 unspecified atom stereocenters. The standard InChI is InChI=1S/C17H16INO3/c1-11-6-7-15(12(2)8-11)19-16(20)10-22-17(21)13-4-3-5-14(18)9-13/h3-9H,10H2,1-2H3,(H,19,20). The number of carbonyl (C=O) groups is 2. The Bertz CT molecular complexity index is 713. The molecule has 22 heavy (non-hydrogen) atoms. The van der Waals surface area contributed by atoms with Gasteiger partial charge < -0.3 is 10.1 Å². The second-order valence-electron chi connectivity index (χ2n) is 4.95. The summed E-state index contributed by atoms with van der Waals surface area (Å²) >= 11 is 2.11. The van der Waals surface area contributed by atoms with Gasteiger partial charge in [-0.25, -0.2) is 4.79 Å². The van der Waals surface area contributed by atoms with Gasteiger partial charge in [0, 0.05) is 9.26 Å². The molecule has 2 aromatic rings. The number of esters is 1. The number of aryl methyl sites for hydroxylation is 2. The van der Waals surface area contributed by atoms with Gasteiger partial charge in [-0.15, -0.1) is 0 Å². The largest absolute Gasteiger partial charge is 0.452 e. The van der Waals surface area contributed by atoms with E-state index in [2.05, 4.69) is 27.9 Å². The summed E-state index contributed by atoms with van der Waals surface area (Å²) in [6.07, 6.45) is 0. The van der Waals surface area contributed by atoms with Crippen LogP contribution < -0.4 is 5.32 Å². The third kappa shape index (κ3) is 4.56. The first-order valence-corrected chi connectivity index (χ1v) is 7.83. The van der Waals surface area contributed by atoms with E-state index in [1.54, 1.807) is 18.2 Å². The van der Waals surface area contributed by atoms with Gasteiger partial charge in [0.1, 0.15) is 0 Å². The number of benzene rings is 2. The molecular weight excluding hydrogens is 393 g/mol. The molecule has 2 aromatic carbocycles. The van der Waals surface area contributed by atoms with Crippen molar-refractivity contribution in [3.8, 4) is 0 Å². The number of halogens is 1. The molecule has 0 fully saturated rings. The number of hydrogen-bond acceptors (Lipinski definition) is 3. The van der Waals surface area contributed by atoms with Gasteiger partial charge in [0.05, 0.1) is 5.56 Å². The SMILES string of the molecule is Cc1ccc(NC(=O)COC(=O)c2cccc(I)c2)c(C)c1. The van der Waals surface area contributed by atoms with Crippen molar-refractivity contribution >= 4 is 40.2 Å². The minimum atomic E-state index is -0.505. The maximum atomic E-state index is 11.9. The highest BCUT2D eigenvalue weighted by Crippen LogP contribution is 2.16. The summed E-state index contributed by atoms with van der Waals surface area (Å²) in [6, 6.07) is 12.8. The zero-order valence-electron chi connectivity index (χ0n) is 12.4. The Kier molecular flexibility index (Phi) is 5.54. The normalized spacial score (nSPS) is 10.1. The Morgan fingerprint density at radius 3 is 2.59 bits per heavy atom. The summed E-state index contributed by atoms with van der Waals surface area (Å²) in [5, 5.41) is 2.74. The number of anilines is 1. The van der Waals surface area contributed by atoms with Crippen molar-refractivity contribution < 1.29 is 14.3 Å². The Hall–Kier alpha value is -1.89. The highest BCUT2D eigenvalue weighted by atomic mass is 127. The smallest absolute Gasteiger partial charge is 0.338 e. The lowest BCUT2D eigenvalue weighted by Gasteiger charge is -2.09. The molecule has 0 aliphatic carbocycles. The van der Waals surface area contributed by atoms with E-state index in [9.17, 15) is 9.59 Å². The van der Waals surface area contributed by atoms with Crippen molar-refractivity contribution in [3.63, 3.8) is 0 Å². The summed E-state index contributed by atoms with van der Waals surface area (Å²) in [6.45, 7) is 3.60. The fraction of sp³-hybridized carbons (Fsp3) is 0.176. The Morgan fingerprint density at radius 1 is 1.14 bits per heavy atom. The molecule has 114 valence electrons. The van der Waals surface area contributed by atoms with Crippen molar-refractivity contribution in [2.24, 2.45) is 0 Å². The average molecular weight is 409 g/mol. The fourth-order valence-electron chi connectivity index (χ4n) is 1.97. The molecule has 0 saturated heterocycles. The topological polar surface area (TPSA) is 55.4 Å². The first kappa shape index (κ1) is 16.5. The zero-order chi connectivity index (χ0) is 16.1. The van der Waals surface area contributed by atoms with Gasteiger partial charge >= 0.3 is 5.97 Å². The number of amides is 1. The number of ether oxygens (including phenoxy) is 1. The Labute approximate surface area is 143 Å². The third-order valence-electron chi connectivity index (χ3n) is 3.05. The summed E-state index contributed by atoms with van der Waals surface area (Å²) in [5.74, 6) is -0.861. The van der Waals surface area contributed by atoms with Gasteiger partial charge in [-0.05, 0) is 66.3 Å². The van der Waals surface area contributed by atoms with E-state index in [1.165, 1.54) is 0 Å². The van der Waals surface area contributed by atoms with Crippen LogP contribution in [0.5, 0.6) is 0 Å². The van der Waals surface area contributed by atoms with E-state index < -0.39 is 5.97 Å². The van der Waals surface area contributed by atoms with Crippen LogP contribution in [0.2, 0.25) is 0 Å². The summed E-state index contributed by atoms with van der Waals surface area (Å²) in [5.41, 5.74) is 3.25. The molecule has 4 nitrogen and oxygen atoms in total. The van der Waals surface area contributed by atoms with Crippen LogP contribution in [-0.2, 0) is 9.53 Å². The van der Waals surface area contributed by atoms with Crippen molar-refractivity contribution in [2.45, 2.75) is 13.8 Å². The maximum absolute atomic E-state index is 11.9. The predicted molar refractivity (Wildman–Crippen MR) is 94.0 cm³/mol. The molecule has 2 rings (SSSR count). The summed E-state index contributed by atoms with van der Waals surface area (Å²) in [7, 11) is 0. The first-order chi connectivity index (χ1) is 10.5. The quantitative estimate of drug-likeness (QED) is 0.619. The van der Waals surface area contributed by atoms with E-state index in [1.807, 2.05) is 38.1 Å². The summed E-state index contributed by atoms with van der Waals surface area (Å²) in [4.78, 5) is 23.7.